The number of nitrogens with zero attached hydrogens (tertiary/aromatic N) is 1. The summed E-state index contributed by atoms with van der Waals surface area (Å²) < 4.78 is 0.995. The Balaban J connectivity index is 2.84. The quantitative estimate of drug-likeness (QED) is 0.822. The van der Waals surface area contributed by atoms with Gasteiger partial charge in [0.15, 0.2) is 0 Å². The lowest BCUT2D eigenvalue weighted by atomic mass is 10.2. The molecule has 0 aliphatic rings. The van der Waals surface area contributed by atoms with Crippen molar-refractivity contribution in [3.8, 4) is 0 Å². The third-order valence-corrected chi connectivity index (χ3v) is 3.39. The Kier molecular flexibility index (Phi) is 3.40. The van der Waals surface area contributed by atoms with Gasteiger partial charge in [-0.15, -0.1) is 11.3 Å². The van der Waals surface area contributed by atoms with E-state index in [1.54, 1.807) is 18.3 Å². The zero-order chi connectivity index (χ0) is 9.14. The van der Waals surface area contributed by atoms with Crippen molar-refractivity contribution in [1.29, 1.82) is 0 Å². The van der Waals surface area contributed by atoms with Crippen molar-refractivity contribution in [2.45, 2.75) is 26.7 Å². The highest BCUT2D eigenvalue weighted by Gasteiger charge is 2.08. The minimum Gasteiger partial charge on any atom is -0.300 e. The Morgan fingerprint density at radius 3 is 2.75 bits per heavy atom. The average Bonchev–Trinajstić information content (AvgIpc) is 2.31. The molecule has 0 atom stereocenters. The maximum Gasteiger partial charge on any atom is 0.135 e. The third-order valence-electron chi connectivity index (χ3n) is 1.41. The van der Waals surface area contributed by atoms with Crippen LogP contribution in [-0.2, 0) is 17.6 Å². The van der Waals surface area contributed by atoms with E-state index in [1.807, 2.05) is 0 Å². The van der Waals surface area contributed by atoms with Crippen LogP contribution in [0.15, 0.2) is 3.79 Å². The average molecular weight is 248 g/mol. The number of thiazole rings is 1. The number of aryl methyl sites for hydroxylation is 1. The smallest absolute Gasteiger partial charge is 0.135 e. The van der Waals surface area contributed by atoms with E-state index in [4.69, 9.17) is 0 Å². The fourth-order valence-electron chi connectivity index (χ4n) is 0.876. The van der Waals surface area contributed by atoms with Crippen LogP contribution in [-0.4, -0.2) is 10.8 Å². The first kappa shape index (κ1) is 9.86. The Morgan fingerprint density at radius 2 is 2.33 bits per heavy atom. The molecule has 1 aromatic heterocycles. The predicted octanol–water partition coefficient (Wildman–Crippen LogP) is 2.60. The van der Waals surface area contributed by atoms with Gasteiger partial charge in [0.05, 0.1) is 20.9 Å². The molecule has 0 aromatic carbocycles. The lowest BCUT2D eigenvalue weighted by Crippen LogP contribution is -1.97. The maximum absolute atomic E-state index is 10.8. The Hall–Kier alpha value is -0.220. The molecule has 1 rings (SSSR count). The number of hydrogen-bond acceptors (Lipinski definition) is 3. The van der Waals surface area contributed by atoms with Gasteiger partial charge in [-0.05, 0) is 29.3 Å². The third kappa shape index (κ3) is 2.38. The number of hydrogen-bond donors (Lipinski definition) is 0. The standard InChI is InChI=1S/C8H10BrNOS/c1-3-7-10-6(4-5(2)11)8(9)12-7/h3-4H2,1-2H3. The highest BCUT2D eigenvalue weighted by molar-refractivity contribution is 9.11. The maximum atomic E-state index is 10.8. The molecule has 0 aliphatic heterocycles. The van der Waals surface area contributed by atoms with Crippen LogP contribution in [0.1, 0.15) is 24.5 Å². The van der Waals surface area contributed by atoms with Crippen LogP contribution in [0.4, 0.5) is 0 Å². The van der Waals surface area contributed by atoms with Gasteiger partial charge in [-0.2, -0.15) is 0 Å². The first-order chi connectivity index (χ1) is 5.63. The van der Waals surface area contributed by atoms with Gasteiger partial charge in [-0.25, -0.2) is 4.98 Å². The number of Topliss-reactive ketones (excluding diaryl/α,β-unsaturated/α-hetero) is 1. The van der Waals surface area contributed by atoms with Gasteiger partial charge in [-0.1, -0.05) is 6.92 Å². The molecule has 1 aromatic rings. The summed E-state index contributed by atoms with van der Waals surface area (Å²) in [5.74, 6) is 0.156. The van der Waals surface area contributed by atoms with E-state index < -0.39 is 0 Å². The highest BCUT2D eigenvalue weighted by Crippen LogP contribution is 2.25. The lowest BCUT2D eigenvalue weighted by molar-refractivity contribution is -0.116. The van der Waals surface area contributed by atoms with Crippen molar-refractivity contribution in [3.63, 3.8) is 0 Å². The summed E-state index contributed by atoms with van der Waals surface area (Å²) in [6, 6.07) is 0. The van der Waals surface area contributed by atoms with Crippen LogP contribution < -0.4 is 0 Å². The fraction of sp³-hybridized carbons (Fsp3) is 0.500. The van der Waals surface area contributed by atoms with Crippen molar-refractivity contribution in [1.82, 2.24) is 4.98 Å². The second-order valence-electron chi connectivity index (χ2n) is 2.56. The molecule has 0 fully saturated rings. The summed E-state index contributed by atoms with van der Waals surface area (Å²) in [5.41, 5.74) is 0.879. The Labute approximate surface area is 84.1 Å². The Morgan fingerprint density at radius 1 is 1.67 bits per heavy atom. The van der Waals surface area contributed by atoms with E-state index in [9.17, 15) is 4.79 Å². The SMILES string of the molecule is CCc1nc(CC(C)=O)c(Br)s1. The summed E-state index contributed by atoms with van der Waals surface area (Å²) in [6.45, 7) is 3.64. The van der Waals surface area contributed by atoms with Crippen LogP contribution in [0.2, 0.25) is 0 Å². The molecule has 0 bridgehead atoms. The van der Waals surface area contributed by atoms with Gasteiger partial charge in [0, 0.05) is 0 Å². The van der Waals surface area contributed by atoms with Gasteiger partial charge in [0.2, 0.25) is 0 Å². The monoisotopic (exact) mass is 247 g/mol. The van der Waals surface area contributed by atoms with Crippen molar-refractivity contribution in [2.24, 2.45) is 0 Å². The summed E-state index contributed by atoms with van der Waals surface area (Å²) >= 11 is 5.00. The van der Waals surface area contributed by atoms with E-state index in [-0.39, 0.29) is 5.78 Å². The van der Waals surface area contributed by atoms with Crippen LogP contribution in [0.25, 0.3) is 0 Å². The van der Waals surface area contributed by atoms with Gasteiger partial charge in [0.25, 0.3) is 0 Å². The van der Waals surface area contributed by atoms with Crippen LogP contribution in [0.3, 0.4) is 0 Å². The molecular formula is C8H10BrNOS. The van der Waals surface area contributed by atoms with Gasteiger partial charge in [-0.3, -0.25) is 4.79 Å². The number of aromatic nitrogens is 1. The van der Waals surface area contributed by atoms with Crippen molar-refractivity contribution < 1.29 is 4.79 Å². The normalized spacial score (nSPS) is 10.2. The largest absolute Gasteiger partial charge is 0.300 e. The minimum absolute atomic E-state index is 0.156. The zero-order valence-electron chi connectivity index (χ0n) is 7.06. The minimum atomic E-state index is 0.156. The molecule has 0 saturated heterocycles. The number of ketones is 1. The van der Waals surface area contributed by atoms with Gasteiger partial charge >= 0.3 is 0 Å². The van der Waals surface area contributed by atoms with E-state index in [0.29, 0.717) is 6.42 Å². The summed E-state index contributed by atoms with van der Waals surface area (Å²) in [6.07, 6.45) is 1.37. The van der Waals surface area contributed by atoms with Gasteiger partial charge in [0.1, 0.15) is 5.78 Å². The first-order valence-electron chi connectivity index (χ1n) is 3.77. The van der Waals surface area contributed by atoms with Gasteiger partial charge < -0.3 is 0 Å². The molecule has 0 aliphatic carbocycles. The molecule has 4 heteroatoms. The van der Waals surface area contributed by atoms with E-state index >= 15 is 0 Å². The fourth-order valence-corrected chi connectivity index (χ4v) is 2.41. The summed E-state index contributed by atoms with van der Waals surface area (Å²) in [4.78, 5) is 15.1. The lowest BCUT2D eigenvalue weighted by Gasteiger charge is -1.89. The molecule has 0 radical (unpaired) electrons. The van der Waals surface area contributed by atoms with Crippen LogP contribution in [0.5, 0.6) is 0 Å². The number of rotatable bonds is 3. The zero-order valence-corrected chi connectivity index (χ0v) is 9.46. The molecule has 12 heavy (non-hydrogen) atoms. The van der Waals surface area contributed by atoms with Crippen molar-refractivity contribution in [2.75, 3.05) is 0 Å². The summed E-state index contributed by atoms with van der Waals surface area (Å²) in [5, 5.41) is 1.08. The second-order valence-corrected chi connectivity index (χ2v) is 4.96. The van der Waals surface area contributed by atoms with Crippen molar-refractivity contribution in [3.05, 3.63) is 14.5 Å². The number of carbonyl (C=O) groups excluding carboxylic acids is 1. The molecular weight excluding hydrogens is 238 g/mol. The molecule has 0 saturated carbocycles. The highest BCUT2D eigenvalue weighted by atomic mass is 79.9. The first-order valence-corrected chi connectivity index (χ1v) is 5.38. The molecule has 0 N–H and O–H groups in total. The summed E-state index contributed by atoms with van der Waals surface area (Å²) in [7, 11) is 0. The number of carbonyl (C=O) groups is 1. The molecule has 0 spiro atoms. The number of halogens is 1. The molecule has 2 nitrogen and oxygen atoms in total. The predicted molar refractivity (Wildman–Crippen MR) is 53.6 cm³/mol. The topological polar surface area (TPSA) is 30.0 Å². The van der Waals surface area contributed by atoms with E-state index in [2.05, 4.69) is 27.8 Å². The van der Waals surface area contributed by atoms with Crippen LogP contribution >= 0.6 is 27.3 Å². The molecule has 66 valence electrons. The van der Waals surface area contributed by atoms with E-state index in [0.717, 1.165) is 20.9 Å². The molecule has 0 unspecified atom stereocenters. The van der Waals surface area contributed by atoms with E-state index in [1.165, 1.54) is 0 Å². The van der Waals surface area contributed by atoms with Crippen LogP contribution in [0, 0.1) is 0 Å². The second kappa shape index (κ2) is 4.14. The molecule has 1 heterocycles. The Bertz CT molecular complexity index is 295. The van der Waals surface area contributed by atoms with Crippen molar-refractivity contribution >= 4 is 33.0 Å². The molecule has 0 amide bonds.